The van der Waals surface area contributed by atoms with Crippen molar-refractivity contribution in [3.63, 3.8) is 0 Å². The molecular weight excluding hydrogens is 304 g/mol. The van der Waals surface area contributed by atoms with Crippen LogP contribution in [0.1, 0.15) is 11.1 Å². The van der Waals surface area contributed by atoms with Crippen LogP contribution in [0, 0.1) is 0 Å². The highest BCUT2D eigenvalue weighted by molar-refractivity contribution is 5.85. The zero-order valence-corrected chi connectivity index (χ0v) is 13.5. The van der Waals surface area contributed by atoms with Crippen LogP contribution >= 0.6 is 0 Å². The fourth-order valence-corrected chi connectivity index (χ4v) is 1.94. The Morgan fingerprint density at radius 3 is 2.67 bits per heavy atom. The Kier molecular flexibility index (Phi) is 7.24. The van der Waals surface area contributed by atoms with E-state index in [2.05, 4.69) is 10.5 Å². The first kappa shape index (κ1) is 17.4. The van der Waals surface area contributed by atoms with Crippen LogP contribution in [0.15, 0.2) is 65.8 Å². The molecule has 0 heterocycles. The molecule has 5 heteroatoms. The van der Waals surface area contributed by atoms with Gasteiger partial charge in [-0.05, 0) is 23.8 Å². The van der Waals surface area contributed by atoms with Gasteiger partial charge >= 0.3 is 0 Å². The molecule has 0 aliphatic carbocycles. The van der Waals surface area contributed by atoms with Gasteiger partial charge in [-0.15, -0.1) is 0 Å². The fourth-order valence-electron chi connectivity index (χ4n) is 1.94. The lowest BCUT2D eigenvalue weighted by molar-refractivity contribution is -0.124. The molecule has 2 aromatic rings. The Hall–Kier alpha value is -2.92. The Morgan fingerprint density at radius 1 is 1.12 bits per heavy atom. The lowest BCUT2D eigenvalue weighted by atomic mass is 10.2. The number of rotatable bonds is 8. The molecule has 0 unspecified atom stereocenters. The third kappa shape index (κ3) is 6.06. The lowest BCUT2D eigenvalue weighted by Crippen LogP contribution is -2.22. The molecule has 0 atom stereocenters. The van der Waals surface area contributed by atoms with E-state index >= 15 is 0 Å². The average Bonchev–Trinajstić information content (AvgIpc) is 2.61. The number of methoxy groups -OCH3 is 1. The van der Waals surface area contributed by atoms with E-state index in [1.54, 1.807) is 6.21 Å². The summed E-state index contributed by atoms with van der Waals surface area (Å²) >= 11 is 0. The van der Waals surface area contributed by atoms with Crippen molar-refractivity contribution < 1.29 is 14.3 Å². The molecule has 0 spiro atoms. The minimum Gasteiger partial charge on any atom is -0.489 e. The maximum Gasteiger partial charge on any atom is 0.266 e. The molecule has 0 aromatic heterocycles. The van der Waals surface area contributed by atoms with Gasteiger partial charge in [0.25, 0.3) is 5.91 Å². The van der Waals surface area contributed by atoms with Crippen molar-refractivity contribution in [3.8, 4) is 5.75 Å². The van der Waals surface area contributed by atoms with Gasteiger partial charge in [-0.1, -0.05) is 48.5 Å². The molecule has 0 bridgehead atoms. The van der Waals surface area contributed by atoms with Crippen molar-refractivity contribution in [2.45, 2.75) is 0 Å². The fraction of sp³-hybridized carbons (Fsp3) is 0.158. The van der Waals surface area contributed by atoms with Gasteiger partial charge in [0, 0.05) is 12.7 Å². The number of carbonyl (C=O) groups is 1. The van der Waals surface area contributed by atoms with Gasteiger partial charge in [-0.3, -0.25) is 4.79 Å². The number of hydrogen-bond acceptors (Lipinski definition) is 4. The zero-order valence-electron chi connectivity index (χ0n) is 13.5. The minimum atomic E-state index is -0.307. The predicted octanol–water partition coefficient (Wildman–Crippen LogP) is 2.88. The number of hydrazone groups is 1. The van der Waals surface area contributed by atoms with Crippen LogP contribution in [0.4, 0.5) is 0 Å². The Bertz CT molecular complexity index is 697. The molecule has 0 fully saturated rings. The topological polar surface area (TPSA) is 59.9 Å². The van der Waals surface area contributed by atoms with E-state index in [0.717, 1.165) is 11.1 Å². The molecule has 0 radical (unpaired) electrons. The first-order chi connectivity index (χ1) is 11.8. The minimum absolute atomic E-state index is 0.0280. The Balaban J connectivity index is 1.90. The normalized spacial score (nSPS) is 11.0. The van der Waals surface area contributed by atoms with E-state index in [1.807, 2.05) is 66.7 Å². The second-order valence-electron chi connectivity index (χ2n) is 4.89. The molecule has 0 saturated carbocycles. The van der Waals surface area contributed by atoms with E-state index in [4.69, 9.17) is 9.47 Å². The highest BCUT2D eigenvalue weighted by atomic mass is 16.5. The number of hydrogen-bond donors (Lipinski definition) is 1. The number of nitrogens with one attached hydrogen (secondary N) is 1. The lowest BCUT2D eigenvalue weighted by Gasteiger charge is -2.06. The third-order valence-electron chi connectivity index (χ3n) is 3.03. The van der Waals surface area contributed by atoms with Crippen LogP contribution in [0.25, 0.3) is 6.08 Å². The van der Waals surface area contributed by atoms with Gasteiger partial charge in [0.05, 0.1) is 6.21 Å². The molecule has 0 saturated heterocycles. The number of amides is 1. The number of carbonyl (C=O) groups excluding carboxylic acids is 1. The summed E-state index contributed by atoms with van der Waals surface area (Å²) in [6.07, 6.45) is 5.50. The van der Waals surface area contributed by atoms with E-state index in [-0.39, 0.29) is 12.5 Å². The van der Waals surface area contributed by atoms with Crippen molar-refractivity contribution in [2.75, 3.05) is 20.3 Å². The van der Waals surface area contributed by atoms with Gasteiger partial charge in [-0.2, -0.15) is 5.10 Å². The maximum absolute atomic E-state index is 11.3. The summed E-state index contributed by atoms with van der Waals surface area (Å²) in [7, 11) is 1.45. The molecule has 1 N–H and O–H groups in total. The number of ether oxygens (including phenoxy) is 2. The van der Waals surface area contributed by atoms with Gasteiger partial charge in [0.15, 0.2) is 0 Å². The molecule has 1 amide bonds. The van der Waals surface area contributed by atoms with E-state index in [1.165, 1.54) is 7.11 Å². The Morgan fingerprint density at radius 2 is 1.88 bits per heavy atom. The number of benzene rings is 2. The van der Waals surface area contributed by atoms with Crippen LogP contribution in [-0.2, 0) is 9.53 Å². The highest BCUT2D eigenvalue weighted by Gasteiger charge is 2.00. The van der Waals surface area contributed by atoms with Crippen LogP contribution in [-0.4, -0.2) is 32.4 Å². The molecule has 24 heavy (non-hydrogen) atoms. The summed E-state index contributed by atoms with van der Waals surface area (Å²) in [4.78, 5) is 11.3. The summed E-state index contributed by atoms with van der Waals surface area (Å²) in [6, 6.07) is 17.5. The largest absolute Gasteiger partial charge is 0.489 e. The SMILES string of the molecule is COCC(=O)N/N=C/c1ccccc1OC/C=C/c1ccccc1. The summed E-state index contributed by atoms with van der Waals surface area (Å²) in [6.45, 7) is 0.412. The molecule has 0 aliphatic heterocycles. The third-order valence-corrected chi connectivity index (χ3v) is 3.03. The molecule has 5 nitrogen and oxygen atoms in total. The van der Waals surface area contributed by atoms with Gasteiger partial charge in [0.1, 0.15) is 19.0 Å². The predicted molar refractivity (Wildman–Crippen MR) is 95.0 cm³/mol. The molecule has 124 valence electrons. The van der Waals surface area contributed by atoms with Gasteiger partial charge in [-0.25, -0.2) is 5.43 Å². The smallest absolute Gasteiger partial charge is 0.266 e. The van der Waals surface area contributed by atoms with Crippen molar-refractivity contribution in [1.82, 2.24) is 5.43 Å². The highest BCUT2D eigenvalue weighted by Crippen LogP contribution is 2.15. The average molecular weight is 324 g/mol. The van der Waals surface area contributed by atoms with Crippen molar-refractivity contribution in [2.24, 2.45) is 5.10 Å². The molecule has 2 aromatic carbocycles. The summed E-state index contributed by atoms with van der Waals surface area (Å²) in [5.74, 6) is 0.387. The van der Waals surface area contributed by atoms with Crippen LogP contribution in [0.3, 0.4) is 0 Å². The van der Waals surface area contributed by atoms with Crippen molar-refractivity contribution in [3.05, 3.63) is 71.8 Å². The van der Waals surface area contributed by atoms with Crippen LogP contribution in [0.5, 0.6) is 5.75 Å². The maximum atomic E-state index is 11.3. The summed E-state index contributed by atoms with van der Waals surface area (Å²) < 4.78 is 10.5. The van der Waals surface area contributed by atoms with Gasteiger partial charge < -0.3 is 9.47 Å². The standard InChI is InChI=1S/C19H20N2O3/c1-23-15-19(22)21-20-14-17-11-5-6-12-18(17)24-13-7-10-16-8-3-2-4-9-16/h2-12,14H,13,15H2,1H3,(H,21,22)/b10-7+,20-14+. The summed E-state index contributed by atoms with van der Waals surface area (Å²) in [5, 5.41) is 3.89. The first-order valence-electron chi connectivity index (χ1n) is 7.54. The quantitative estimate of drug-likeness (QED) is 0.600. The van der Waals surface area contributed by atoms with Crippen molar-refractivity contribution in [1.29, 1.82) is 0 Å². The van der Waals surface area contributed by atoms with Crippen LogP contribution < -0.4 is 10.2 Å². The van der Waals surface area contributed by atoms with E-state index in [0.29, 0.717) is 12.4 Å². The van der Waals surface area contributed by atoms with E-state index in [9.17, 15) is 4.79 Å². The molecule has 2 rings (SSSR count). The molecular formula is C19H20N2O3. The second kappa shape index (κ2) is 9.97. The summed E-state index contributed by atoms with van der Waals surface area (Å²) in [5.41, 5.74) is 4.29. The van der Waals surface area contributed by atoms with E-state index < -0.39 is 0 Å². The Labute approximate surface area is 141 Å². The first-order valence-corrected chi connectivity index (χ1v) is 7.54. The second-order valence-corrected chi connectivity index (χ2v) is 4.89. The number of para-hydroxylation sites is 1. The monoisotopic (exact) mass is 324 g/mol. The van der Waals surface area contributed by atoms with Crippen molar-refractivity contribution >= 4 is 18.2 Å². The zero-order chi connectivity index (χ0) is 17.0. The molecule has 0 aliphatic rings. The number of nitrogens with zero attached hydrogens (tertiary/aromatic N) is 1. The van der Waals surface area contributed by atoms with Gasteiger partial charge in [0.2, 0.25) is 0 Å². The van der Waals surface area contributed by atoms with Crippen LogP contribution in [0.2, 0.25) is 0 Å².